The van der Waals surface area contributed by atoms with E-state index in [0.29, 0.717) is 0 Å². The third-order valence-electron chi connectivity index (χ3n) is 1.69. The first-order chi connectivity index (χ1) is 5.47. The maximum Gasteiger partial charge on any atom is 0.174 e. The molecule has 0 amide bonds. The highest BCUT2D eigenvalue weighted by Gasteiger charge is 2.00. The Morgan fingerprint density at radius 2 is 1.91 bits per heavy atom. The van der Waals surface area contributed by atoms with Crippen molar-refractivity contribution in [2.45, 2.75) is 6.42 Å². The highest BCUT2D eigenvalue weighted by molar-refractivity contribution is 6.80. The fourth-order valence-electron chi connectivity index (χ4n) is 1.20. The van der Waals surface area contributed by atoms with E-state index in [-0.39, 0.29) is 0 Å². The standard InChI is InChI=1S/C9H8.ClSi/c1-2-5-9-7-3-6-8(9)4-1;1-2/h1-6H,7H2;. The molecule has 0 aliphatic heterocycles. The van der Waals surface area contributed by atoms with Gasteiger partial charge in [0.1, 0.15) is 0 Å². The van der Waals surface area contributed by atoms with E-state index in [2.05, 4.69) is 57.0 Å². The second-order valence-electron chi connectivity index (χ2n) is 2.31. The molecule has 0 spiro atoms. The van der Waals surface area contributed by atoms with Gasteiger partial charge < -0.3 is 0 Å². The lowest BCUT2D eigenvalue weighted by Crippen LogP contribution is -1.76. The minimum absolute atomic E-state index is 1.12. The highest BCUT2D eigenvalue weighted by atomic mass is 35.6. The first-order valence-corrected chi connectivity index (χ1v) is 4.91. The monoisotopic (exact) mass is 179 g/mol. The molecule has 0 unspecified atom stereocenters. The van der Waals surface area contributed by atoms with Crippen molar-refractivity contribution in [1.82, 2.24) is 0 Å². The summed E-state index contributed by atoms with van der Waals surface area (Å²) in [7, 11) is 2.44. The van der Waals surface area contributed by atoms with Gasteiger partial charge >= 0.3 is 0 Å². The van der Waals surface area contributed by atoms with E-state index >= 15 is 0 Å². The zero-order valence-electron chi connectivity index (χ0n) is 6.05. The van der Waals surface area contributed by atoms with E-state index in [1.807, 2.05) is 0 Å². The van der Waals surface area contributed by atoms with Crippen LogP contribution >= 0.6 is 11.1 Å². The van der Waals surface area contributed by atoms with Crippen molar-refractivity contribution in [2.75, 3.05) is 0 Å². The molecule has 0 heterocycles. The van der Waals surface area contributed by atoms with E-state index in [0.717, 1.165) is 6.42 Å². The highest BCUT2D eigenvalue weighted by Crippen LogP contribution is 2.17. The van der Waals surface area contributed by atoms with Crippen LogP contribution in [0.5, 0.6) is 0 Å². The molecule has 0 bridgehead atoms. The van der Waals surface area contributed by atoms with E-state index in [9.17, 15) is 0 Å². The van der Waals surface area contributed by atoms with Crippen LogP contribution < -0.4 is 0 Å². The molecular formula is C9H8ClSi. The molecule has 1 aromatic rings. The van der Waals surface area contributed by atoms with E-state index in [1.165, 1.54) is 11.1 Å². The minimum Gasteiger partial charge on any atom is -0.174 e. The minimum atomic E-state index is 1.12. The number of hydrogen-bond donors (Lipinski definition) is 0. The van der Waals surface area contributed by atoms with Crippen molar-refractivity contribution in [2.24, 2.45) is 0 Å². The van der Waals surface area contributed by atoms with Crippen LogP contribution in [0.1, 0.15) is 11.1 Å². The molecule has 55 valence electrons. The predicted molar refractivity (Wildman–Crippen MR) is 50.8 cm³/mol. The zero-order valence-corrected chi connectivity index (χ0v) is 7.81. The molecule has 0 saturated heterocycles. The van der Waals surface area contributed by atoms with E-state index < -0.39 is 0 Å². The third kappa shape index (κ3) is 1.95. The predicted octanol–water partition coefficient (Wildman–Crippen LogP) is 2.56. The van der Waals surface area contributed by atoms with Gasteiger partial charge in [-0.05, 0) is 17.5 Å². The molecule has 0 nitrogen and oxygen atoms in total. The van der Waals surface area contributed by atoms with Crippen molar-refractivity contribution >= 4 is 26.7 Å². The molecule has 3 radical (unpaired) electrons. The fraction of sp³-hybridized carbons (Fsp3) is 0.111. The molecule has 0 saturated carbocycles. The number of allylic oxidation sites excluding steroid dienone is 1. The maximum atomic E-state index is 4.44. The van der Waals surface area contributed by atoms with Gasteiger partial charge in [-0.15, -0.1) is 0 Å². The van der Waals surface area contributed by atoms with Crippen LogP contribution in [0.3, 0.4) is 0 Å². The first kappa shape index (κ1) is 8.56. The Kier molecular flexibility index (Phi) is 3.40. The summed E-state index contributed by atoms with van der Waals surface area (Å²) in [5, 5.41) is 0. The van der Waals surface area contributed by atoms with Gasteiger partial charge in [-0.2, -0.15) is 11.1 Å². The van der Waals surface area contributed by atoms with Crippen molar-refractivity contribution in [1.29, 1.82) is 0 Å². The van der Waals surface area contributed by atoms with Crippen molar-refractivity contribution < 1.29 is 0 Å². The van der Waals surface area contributed by atoms with Crippen LogP contribution in [0.4, 0.5) is 0 Å². The Morgan fingerprint density at radius 3 is 2.64 bits per heavy atom. The Morgan fingerprint density at radius 1 is 1.18 bits per heavy atom. The number of hydrogen-bond acceptors (Lipinski definition) is 0. The lowest BCUT2D eigenvalue weighted by Gasteiger charge is -1.93. The molecule has 1 aliphatic rings. The summed E-state index contributed by atoms with van der Waals surface area (Å²) in [5.41, 5.74) is 2.84. The number of rotatable bonds is 0. The second kappa shape index (κ2) is 4.37. The number of benzene rings is 1. The van der Waals surface area contributed by atoms with Crippen molar-refractivity contribution in [3.63, 3.8) is 0 Å². The number of halogens is 1. The average Bonchev–Trinajstić information content (AvgIpc) is 2.55. The molecule has 11 heavy (non-hydrogen) atoms. The van der Waals surface area contributed by atoms with Gasteiger partial charge in [0.25, 0.3) is 0 Å². The van der Waals surface area contributed by atoms with Crippen molar-refractivity contribution in [3.05, 3.63) is 41.5 Å². The maximum absolute atomic E-state index is 4.44. The van der Waals surface area contributed by atoms with Gasteiger partial charge in [0.15, 0.2) is 9.55 Å². The normalized spacial score (nSPS) is 11.8. The smallest absolute Gasteiger partial charge is 0.174 e. The summed E-state index contributed by atoms with van der Waals surface area (Å²) < 4.78 is 0. The van der Waals surface area contributed by atoms with Gasteiger partial charge in [-0.25, -0.2) is 0 Å². The molecule has 1 aliphatic carbocycles. The molecule has 0 atom stereocenters. The first-order valence-electron chi connectivity index (χ1n) is 3.40. The van der Waals surface area contributed by atoms with E-state index in [4.69, 9.17) is 0 Å². The van der Waals surface area contributed by atoms with Crippen LogP contribution in [0, 0.1) is 0 Å². The molecule has 1 aromatic carbocycles. The fourth-order valence-corrected chi connectivity index (χ4v) is 1.20. The van der Waals surface area contributed by atoms with Crippen LogP contribution in [0.25, 0.3) is 6.08 Å². The summed E-state index contributed by atoms with van der Waals surface area (Å²) in [4.78, 5) is 0. The average molecular weight is 180 g/mol. The van der Waals surface area contributed by atoms with Gasteiger partial charge in [0.2, 0.25) is 0 Å². The zero-order chi connectivity index (χ0) is 8.10. The Balaban J connectivity index is 0.000000281. The largest absolute Gasteiger partial charge is 0.174 e. The lowest BCUT2D eigenvalue weighted by atomic mass is 10.1. The van der Waals surface area contributed by atoms with Crippen LogP contribution in [-0.4, -0.2) is 9.55 Å². The van der Waals surface area contributed by atoms with Gasteiger partial charge in [0, 0.05) is 0 Å². The topological polar surface area (TPSA) is 0 Å². The quantitative estimate of drug-likeness (QED) is 0.424. The Labute approximate surface area is 75.0 Å². The second-order valence-corrected chi connectivity index (χ2v) is 2.31. The van der Waals surface area contributed by atoms with Gasteiger partial charge in [0.05, 0.1) is 0 Å². The van der Waals surface area contributed by atoms with E-state index in [1.54, 1.807) is 0 Å². The molecule has 2 rings (SSSR count). The summed E-state index contributed by atoms with van der Waals surface area (Å²) in [6.07, 6.45) is 5.50. The SMILES string of the molecule is C1=Cc2ccccc2C1.[Si]Cl. The third-order valence-corrected chi connectivity index (χ3v) is 1.69. The molecule has 0 N–H and O–H groups in total. The summed E-state index contributed by atoms with van der Waals surface area (Å²) in [6, 6.07) is 8.49. The summed E-state index contributed by atoms with van der Waals surface area (Å²) >= 11 is 4.44. The molecule has 0 aromatic heterocycles. The van der Waals surface area contributed by atoms with Crippen LogP contribution in [0.15, 0.2) is 30.3 Å². The van der Waals surface area contributed by atoms with Gasteiger partial charge in [-0.1, -0.05) is 36.4 Å². The van der Waals surface area contributed by atoms with Crippen LogP contribution in [0.2, 0.25) is 0 Å². The Bertz CT molecular complexity index is 255. The number of fused-ring (bicyclic) bond motifs is 1. The summed E-state index contributed by atoms with van der Waals surface area (Å²) in [6.45, 7) is 0. The lowest BCUT2D eigenvalue weighted by molar-refractivity contribution is 1.31. The Hall–Kier alpha value is -0.533. The molecule has 2 heteroatoms. The molecular weight excluding hydrogens is 172 g/mol. The van der Waals surface area contributed by atoms with Gasteiger partial charge in [-0.3, -0.25) is 0 Å². The van der Waals surface area contributed by atoms with Crippen LogP contribution in [-0.2, 0) is 6.42 Å². The molecule has 0 fully saturated rings. The summed E-state index contributed by atoms with van der Waals surface area (Å²) in [5.74, 6) is 0. The van der Waals surface area contributed by atoms with Crippen molar-refractivity contribution in [3.8, 4) is 0 Å².